The maximum Gasteiger partial charge on any atom is 0.333 e. The molecule has 0 atom stereocenters. The van der Waals surface area contributed by atoms with Gasteiger partial charge in [0.15, 0.2) is 0 Å². The number of benzene rings is 8. The zero-order valence-electron chi connectivity index (χ0n) is 38.4. The molecule has 19 rings (SSSR count). The summed E-state index contributed by atoms with van der Waals surface area (Å²) < 4.78 is 2.80. The van der Waals surface area contributed by atoms with Crippen molar-refractivity contribution in [3.05, 3.63) is 163 Å². The molecular formula is C64H55BN2. The monoisotopic (exact) mass is 862 g/mol. The molecule has 1 aromatic heterocycles. The van der Waals surface area contributed by atoms with Crippen LogP contribution in [0.4, 0.5) is 11.4 Å². The van der Waals surface area contributed by atoms with E-state index in [4.69, 9.17) is 0 Å². The van der Waals surface area contributed by atoms with Crippen molar-refractivity contribution in [1.29, 1.82) is 0 Å². The molecule has 0 amide bonds. The molecule has 3 heteroatoms. The average molecular weight is 863 g/mol. The molecule has 10 aliphatic rings. The highest BCUT2D eigenvalue weighted by Gasteiger charge is 2.54. The molecule has 8 fully saturated rings. The fourth-order valence-corrected chi connectivity index (χ4v) is 18.2. The maximum absolute atomic E-state index is 2.81. The number of hydrogen-bond donors (Lipinski definition) is 0. The predicted octanol–water partition coefficient (Wildman–Crippen LogP) is 14.9. The first kappa shape index (κ1) is 37.0. The van der Waals surface area contributed by atoms with Crippen LogP contribution < -0.4 is 15.7 Å². The largest absolute Gasteiger partial charge is 0.376 e. The van der Waals surface area contributed by atoms with E-state index in [-0.39, 0.29) is 12.3 Å². The van der Waals surface area contributed by atoms with Crippen molar-refractivity contribution in [2.45, 2.75) is 87.9 Å². The number of fused-ring (bicyclic) bond motifs is 10. The van der Waals surface area contributed by atoms with Crippen LogP contribution >= 0.6 is 0 Å². The Kier molecular flexibility index (Phi) is 7.14. The van der Waals surface area contributed by atoms with Crippen LogP contribution in [0.2, 0.25) is 0 Å². The highest BCUT2D eigenvalue weighted by Crippen LogP contribution is 2.63. The van der Waals surface area contributed by atoms with Crippen LogP contribution in [0.25, 0.3) is 71.3 Å². The van der Waals surface area contributed by atoms with Gasteiger partial charge in [-0.05, 0) is 227 Å². The van der Waals surface area contributed by atoms with Gasteiger partial charge < -0.3 is 9.38 Å². The van der Waals surface area contributed by atoms with Gasteiger partial charge in [-0.15, -0.1) is 0 Å². The minimum Gasteiger partial charge on any atom is -0.376 e. The second-order valence-electron chi connectivity index (χ2n) is 23.7. The third kappa shape index (κ3) is 4.98. The Labute approximate surface area is 394 Å². The SMILES string of the molecule is c1ccc(-c2ccc(N3B4c5c(cc6ccccc6c5-n5c6ccc(C78CC9CC(CC(C9)C7)C8)cc6c6cc(C78CC9CC(CC(C9)C7)C8)cc4c65)-c4cc5ccccc5cc43)cc2)cc1. The smallest absolute Gasteiger partial charge is 0.333 e. The lowest BCUT2D eigenvalue weighted by Gasteiger charge is -2.57. The van der Waals surface area contributed by atoms with Gasteiger partial charge in [0.25, 0.3) is 0 Å². The van der Waals surface area contributed by atoms with E-state index in [0.717, 1.165) is 35.5 Å². The first-order chi connectivity index (χ1) is 33.0. The molecule has 9 aromatic rings. The van der Waals surface area contributed by atoms with E-state index in [0.29, 0.717) is 5.41 Å². The predicted molar refractivity (Wildman–Crippen MR) is 280 cm³/mol. The lowest BCUT2D eigenvalue weighted by atomic mass is 9.42. The first-order valence-electron chi connectivity index (χ1n) is 26.2. The molecule has 0 radical (unpaired) electrons. The average Bonchev–Trinajstić information content (AvgIpc) is 3.68. The maximum atomic E-state index is 2.81. The van der Waals surface area contributed by atoms with Crippen molar-refractivity contribution in [2.24, 2.45) is 35.5 Å². The summed E-state index contributed by atoms with van der Waals surface area (Å²) in [5, 5.41) is 8.28. The van der Waals surface area contributed by atoms with Crippen LogP contribution in [0, 0.1) is 35.5 Å². The van der Waals surface area contributed by atoms with E-state index in [1.807, 2.05) is 0 Å². The highest BCUT2D eigenvalue weighted by atomic mass is 15.1. The summed E-state index contributed by atoms with van der Waals surface area (Å²) in [6, 6.07) is 60.1. The number of hydrogen-bond acceptors (Lipinski definition) is 1. The summed E-state index contributed by atoms with van der Waals surface area (Å²) >= 11 is 0. The minimum absolute atomic E-state index is 0.00152. The van der Waals surface area contributed by atoms with Crippen molar-refractivity contribution in [3.8, 4) is 27.9 Å². The lowest BCUT2D eigenvalue weighted by molar-refractivity contribution is -0.00526. The van der Waals surface area contributed by atoms with Gasteiger partial charge in [0, 0.05) is 33.1 Å². The quantitative estimate of drug-likeness (QED) is 0.160. The number of rotatable bonds is 4. The van der Waals surface area contributed by atoms with E-state index in [2.05, 4.69) is 161 Å². The Balaban J connectivity index is 0.995. The standard InChI is InChI=1S/C64H55BN2/c1-2-8-44(9-3-1)45-14-17-51(18-15-45)67-59-28-47-11-5-4-10-46(47)26-53(59)55-27-48-12-6-7-13-52(48)62-60(55)65(67)57-31-50(64-35-41-23-42(36-64)25-43(24-41)37-64)30-56-54-29-49(16-19-58(54)66(62)61(56)57)63-32-38-20-39(33-63)22-40(21-38)34-63/h1-19,26-31,38-43H,20-25,32-37H2. The third-order valence-electron chi connectivity index (χ3n) is 20.0. The molecule has 324 valence electrons. The summed E-state index contributed by atoms with van der Waals surface area (Å²) in [5.41, 5.74) is 18.9. The van der Waals surface area contributed by atoms with Crippen LogP contribution in [-0.2, 0) is 10.8 Å². The summed E-state index contributed by atoms with van der Waals surface area (Å²) in [6.07, 6.45) is 17.2. The molecule has 2 nitrogen and oxygen atoms in total. The van der Waals surface area contributed by atoms with Crippen LogP contribution in [0.15, 0.2) is 152 Å². The van der Waals surface area contributed by atoms with E-state index in [9.17, 15) is 0 Å². The second-order valence-corrected chi connectivity index (χ2v) is 23.7. The Hall–Kier alpha value is -6.06. The topological polar surface area (TPSA) is 8.17 Å². The molecule has 0 saturated heterocycles. The van der Waals surface area contributed by atoms with E-state index < -0.39 is 0 Å². The van der Waals surface area contributed by atoms with Gasteiger partial charge in [0.1, 0.15) is 0 Å². The van der Waals surface area contributed by atoms with Gasteiger partial charge in [-0.1, -0.05) is 103 Å². The van der Waals surface area contributed by atoms with Crippen molar-refractivity contribution < 1.29 is 0 Å². The molecular weight excluding hydrogens is 808 g/mol. The summed E-state index contributed by atoms with van der Waals surface area (Å²) in [7, 11) is 0. The molecule has 8 aliphatic carbocycles. The van der Waals surface area contributed by atoms with Crippen molar-refractivity contribution >= 4 is 72.5 Å². The Morgan fingerprint density at radius 1 is 0.433 bits per heavy atom. The van der Waals surface area contributed by atoms with Gasteiger partial charge in [0.05, 0.1) is 16.7 Å². The molecule has 67 heavy (non-hydrogen) atoms. The summed E-state index contributed by atoms with van der Waals surface area (Å²) in [5.74, 6) is 5.42. The minimum atomic E-state index is 0.00152. The van der Waals surface area contributed by atoms with Crippen molar-refractivity contribution in [3.63, 3.8) is 0 Å². The van der Waals surface area contributed by atoms with Crippen molar-refractivity contribution in [1.82, 2.24) is 4.57 Å². The van der Waals surface area contributed by atoms with E-state index in [1.165, 1.54) is 171 Å². The van der Waals surface area contributed by atoms with E-state index >= 15 is 0 Å². The molecule has 8 saturated carbocycles. The Morgan fingerprint density at radius 3 is 1.66 bits per heavy atom. The summed E-state index contributed by atoms with van der Waals surface area (Å²) in [4.78, 5) is 2.79. The third-order valence-corrected chi connectivity index (χ3v) is 20.0. The Bertz CT molecular complexity index is 3540. The van der Waals surface area contributed by atoms with Gasteiger partial charge in [0.2, 0.25) is 0 Å². The molecule has 0 unspecified atom stereocenters. The van der Waals surface area contributed by atoms with Crippen LogP contribution in [0.3, 0.4) is 0 Å². The molecule has 0 N–H and O–H groups in total. The van der Waals surface area contributed by atoms with Gasteiger partial charge >= 0.3 is 6.85 Å². The van der Waals surface area contributed by atoms with Crippen LogP contribution in [0.1, 0.15) is 88.2 Å². The number of anilines is 2. The van der Waals surface area contributed by atoms with Crippen LogP contribution in [-0.4, -0.2) is 11.4 Å². The number of aromatic nitrogens is 1. The van der Waals surface area contributed by atoms with Gasteiger partial charge in [-0.25, -0.2) is 0 Å². The van der Waals surface area contributed by atoms with Gasteiger partial charge in [-0.3, -0.25) is 0 Å². The van der Waals surface area contributed by atoms with Crippen molar-refractivity contribution in [2.75, 3.05) is 4.81 Å². The molecule has 8 bridgehead atoms. The zero-order valence-corrected chi connectivity index (χ0v) is 38.4. The summed E-state index contributed by atoms with van der Waals surface area (Å²) in [6.45, 7) is 0.00152. The first-order valence-corrected chi connectivity index (χ1v) is 26.2. The normalized spacial score (nSPS) is 29.1. The number of nitrogens with zero attached hydrogens (tertiary/aromatic N) is 2. The van der Waals surface area contributed by atoms with Crippen LogP contribution in [0.5, 0.6) is 0 Å². The fraction of sp³-hybridized carbons (Fsp3) is 0.312. The molecule has 0 spiro atoms. The highest BCUT2D eigenvalue weighted by molar-refractivity contribution is 6.94. The van der Waals surface area contributed by atoms with Gasteiger partial charge in [-0.2, -0.15) is 0 Å². The molecule has 3 heterocycles. The molecule has 8 aromatic carbocycles. The fourth-order valence-electron chi connectivity index (χ4n) is 18.2. The Morgan fingerprint density at radius 2 is 0.985 bits per heavy atom. The lowest BCUT2D eigenvalue weighted by Crippen LogP contribution is -2.61. The van der Waals surface area contributed by atoms with E-state index in [1.54, 1.807) is 11.1 Å². The molecule has 2 aliphatic heterocycles. The zero-order chi connectivity index (χ0) is 43.3. The second kappa shape index (κ2) is 12.9.